The Labute approximate surface area is 134 Å². The van der Waals surface area contributed by atoms with E-state index in [0.717, 1.165) is 26.1 Å². The summed E-state index contributed by atoms with van der Waals surface area (Å²) in [6.07, 6.45) is 3.44. The minimum atomic E-state index is 0.208. The number of nitrogens with two attached hydrogens (primary N) is 1. The van der Waals surface area contributed by atoms with Crippen LogP contribution in [0.25, 0.3) is 0 Å². The first-order valence-electron chi connectivity index (χ1n) is 7.39. The highest BCUT2D eigenvalue weighted by atomic mass is 79.9. The van der Waals surface area contributed by atoms with E-state index in [-0.39, 0.29) is 6.04 Å². The van der Waals surface area contributed by atoms with Crippen molar-refractivity contribution in [2.24, 2.45) is 11.7 Å². The largest absolute Gasteiger partial charge is 0.384 e. The first-order valence-corrected chi connectivity index (χ1v) is 9.00. The zero-order chi connectivity index (χ0) is 14.5. The number of rotatable bonds is 6. The minimum absolute atomic E-state index is 0.208. The SMILES string of the molecule is CCC(N)C(c1ccc(Br)s1)N1CCC(COC)CC1. The standard InChI is InChI=1S/C15H25BrN2OS/c1-3-12(17)15(13-4-5-14(16)20-13)18-8-6-11(7-9-18)10-19-2/h4-5,11-12,15H,3,6-10,17H2,1-2H3. The summed E-state index contributed by atoms with van der Waals surface area (Å²) in [5, 5.41) is 0. The number of hydrogen-bond acceptors (Lipinski definition) is 4. The summed E-state index contributed by atoms with van der Waals surface area (Å²) in [6.45, 7) is 5.32. The molecule has 2 atom stereocenters. The van der Waals surface area contributed by atoms with Gasteiger partial charge in [-0.2, -0.15) is 0 Å². The summed E-state index contributed by atoms with van der Waals surface area (Å²) in [5.74, 6) is 0.713. The van der Waals surface area contributed by atoms with Gasteiger partial charge in [0.05, 0.1) is 9.83 Å². The van der Waals surface area contributed by atoms with Gasteiger partial charge < -0.3 is 10.5 Å². The number of ether oxygens (including phenoxy) is 1. The lowest BCUT2D eigenvalue weighted by Gasteiger charge is -2.39. The van der Waals surface area contributed by atoms with Crippen molar-refractivity contribution in [2.75, 3.05) is 26.8 Å². The fourth-order valence-electron chi connectivity index (χ4n) is 3.01. The fourth-order valence-corrected chi connectivity index (χ4v) is 4.64. The van der Waals surface area contributed by atoms with Crippen LogP contribution in [-0.4, -0.2) is 37.7 Å². The van der Waals surface area contributed by atoms with Crippen LogP contribution >= 0.6 is 27.3 Å². The van der Waals surface area contributed by atoms with Crippen LogP contribution in [0.5, 0.6) is 0 Å². The molecule has 3 nitrogen and oxygen atoms in total. The average Bonchev–Trinajstić information content (AvgIpc) is 2.87. The van der Waals surface area contributed by atoms with Gasteiger partial charge >= 0.3 is 0 Å². The molecule has 0 amide bonds. The highest BCUT2D eigenvalue weighted by molar-refractivity contribution is 9.11. The molecule has 0 saturated carbocycles. The van der Waals surface area contributed by atoms with Crippen LogP contribution in [0.2, 0.25) is 0 Å². The van der Waals surface area contributed by atoms with E-state index in [2.05, 4.69) is 39.9 Å². The monoisotopic (exact) mass is 360 g/mol. The Balaban J connectivity index is 2.05. The molecule has 0 aliphatic carbocycles. The third kappa shape index (κ3) is 4.04. The van der Waals surface area contributed by atoms with Gasteiger partial charge in [-0.15, -0.1) is 11.3 Å². The molecule has 2 unspecified atom stereocenters. The number of halogens is 1. The Morgan fingerprint density at radius 3 is 2.65 bits per heavy atom. The lowest BCUT2D eigenvalue weighted by Crippen LogP contribution is -2.44. The molecule has 1 aromatic heterocycles. The summed E-state index contributed by atoms with van der Waals surface area (Å²) in [7, 11) is 1.80. The fraction of sp³-hybridized carbons (Fsp3) is 0.733. The van der Waals surface area contributed by atoms with Gasteiger partial charge in [0, 0.05) is 24.6 Å². The quantitative estimate of drug-likeness (QED) is 0.841. The van der Waals surface area contributed by atoms with Crippen molar-refractivity contribution < 1.29 is 4.74 Å². The molecule has 0 aromatic carbocycles. The smallest absolute Gasteiger partial charge is 0.0702 e. The van der Waals surface area contributed by atoms with Gasteiger partial charge in [0.2, 0.25) is 0 Å². The van der Waals surface area contributed by atoms with Crippen LogP contribution in [0, 0.1) is 5.92 Å². The van der Waals surface area contributed by atoms with Crippen LogP contribution < -0.4 is 5.73 Å². The molecule has 0 bridgehead atoms. The lowest BCUT2D eigenvalue weighted by molar-refractivity contribution is 0.0725. The Kier molecular flexibility index (Phi) is 6.49. The molecule has 114 valence electrons. The summed E-state index contributed by atoms with van der Waals surface area (Å²) in [6, 6.07) is 4.92. The summed E-state index contributed by atoms with van der Waals surface area (Å²) >= 11 is 5.38. The van der Waals surface area contributed by atoms with E-state index in [1.54, 1.807) is 7.11 Å². The predicted octanol–water partition coefficient (Wildman–Crippen LogP) is 3.65. The number of likely N-dealkylation sites (tertiary alicyclic amines) is 1. The number of methoxy groups -OCH3 is 1. The van der Waals surface area contributed by atoms with Crippen molar-refractivity contribution in [1.82, 2.24) is 4.90 Å². The van der Waals surface area contributed by atoms with Gasteiger partial charge in [-0.1, -0.05) is 6.92 Å². The Morgan fingerprint density at radius 2 is 2.15 bits per heavy atom. The molecule has 5 heteroatoms. The van der Waals surface area contributed by atoms with E-state index in [1.165, 1.54) is 21.5 Å². The van der Waals surface area contributed by atoms with Crippen LogP contribution in [-0.2, 0) is 4.74 Å². The van der Waals surface area contributed by atoms with Crippen molar-refractivity contribution in [1.29, 1.82) is 0 Å². The van der Waals surface area contributed by atoms with E-state index in [0.29, 0.717) is 12.0 Å². The molecule has 20 heavy (non-hydrogen) atoms. The predicted molar refractivity (Wildman–Crippen MR) is 89.2 cm³/mol. The van der Waals surface area contributed by atoms with Gasteiger partial charge in [0.1, 0.15) is 0 Å². The second-order valence-electron chi connectivity index (χ2n) is 5.59. The zero-order valence-electron chi connectivity index (χ0n) is 12.3. The zero-order valence-corrected chi connectivity index (χ0v) is 14.8. The second kappa shape index (κ2) is 7.90. The number of nitrogens with zero attached hydrogens (tertiary/aromatic N) is 1. The lowest BCUT2D eigenvalue weighted by atomic mass is 9.94. The maximum Gasteiger partial charge on any atom is 0.0702 e. The maximum atomic E-state index is 6.41. The third-order valence-electron chi connectivity index (χ3n) is 4.21. The Bertz CT molecular complexity index is 404. The molecule has 1 aliphatic heterocycles. The van der Waals surface area contributed by atoms with Crippen LogP contribution in [0.3, 0.4) is 0 Å². The molecule has 1 fully saturated rings. The average molecular weight is 361 g/mol. The molecule has 1 aromatic rings. The molecule has 0 spiro atoms. The van der Waals surface area contributed by atoms with Crippen molar-refractivity contribution in [2.45, 2.75) is 38.3 Å². The van der Waals surface area contributed by atoms with Gasteiger partial charge in [0.25, 0.3) is 0 Å². The van der Waals surface area contributed by atoms with Crippen LogP contribution in [0.15, 0.2) is 15.9 Å². The van der Waals surface area contributed by atoms with Gasteiger partial charge in [-0.3, -0.25) is 4.90 Å². The molecule has 1 aliphatic rings. The van der Waals surface area contributed by atoms with E-state index >= 15 is 0 Å². The van der Waals surface area contributed by atoms with E-state index < -0.39 is 0 Å². The first kappa shape index (κ1) is 16.4. The van der Waals surface area contributed by atoms with E-state index in [1.807, 2.05) is 11.3 Å². The maximum absolute atomic E-state index is 6.41. The number of thiophene rings is 1. The van der Waals surface area contributed by atoms with Crippen LogP contribution in [0.4, 0.5) is 0 Å². The van der Waals surface area contributed by atoms with E-state index in [9.17, 15) is 0 Å². The highest BCUT2D eigenvalue weighted by Gasteiger charge is 2.30. The second-order valence-corrected chi connectivity index (χ2v) is 8.09. The molecule has 2 rings (SSSR count). The molecule has 2 heterocycles. The Hall–Kier alpha value is 0.0600. The summed E-state index contributed by atoms with van der Waals surface area (Å²) < 4.78 is 6.48. The molecule has 2 N–H and O–H groups in total. The first-order chi connectivity index (χ1) is 9.65. The van der Waals surface area contributed by atoms with Crippen molar-refractivity contribution in [3.63, 3.8) is 0 Å². The van der Waals surface area contributed by atoms with Crippen LogP contribution in [0.1, 0.15) is 37.1 Å². The van der Waals surface area contributed by atoms with Crippen molar-refractivity contribution in [3.05, 3.63) is 20.8 Å². The topological polar surface area (TPSA) is 38.5 Å². The van der Waals surface area contributed by atoms with Crippen molar-refractivity contribution >= 4 is 27.3 Å². The summed E-state index contributed by atoms with van der Waals surface area (Å²) in [4.78, 5) is 3.95. The molecular formula is C15H25BrN2OS. The van der Waals surface area contributed by atoms with E-state index in [4.69, 9.17) is 10.5 Å². The van der Waals surface area contributed by atoms with Gasteiger partial charge in [-0.25, -0.2) is 0 Å². The highest BCUT2D eigenvalue weighted by Crippen LogP contribution is 2.35. The molecule has 1 saturated heterocycles. The third-order valence-corrected chi connectivity index (χ3v) is 5.90. The summed E-state index contributed by atoms with van der Waals surface area (Å²) in [5.41, 5.74) is 6.41. The van der Waals surface area contributed by atoms with Gasteiger partial charge in [0.15, 0.2) is 0 Å². The Morgan fingerprint density at radius 1 is 1.45 bits per heavy atom. The number of hydrogen-bond donors (Lipinski definition) is 1. The normalized spacial score (nSPS) is 21.0. The molecular weight excluding hydrogens is 336 g/mol. The van der Waals surface area contributed by atoms with Crippen molar-refractivity contribution in [3.8, 4) is 0 Å². The van der Waals surface area contributed by atoms with Gasteiger partial charge in [-0.05, 0) is 66.3 Å². The molecule has 0 radical (unpaired) electrons. The minimum Gasteiger partial charge on any atom is -0.384 e. The number of piperidine rings is 1.